The average molecular weight is 278 g/mol. The van der Waals surface area contributed by atoms with Crippen molar-refractivity contribution in [1.82, 2.24) is 0 Å². The quantitative estimate of drug-likeness (QED) is 0.857. The van der Waals surface area contributed by atoms with E-state index < -0.39 is 0 Å². The highest BCUT2D eigenvalue weighted by Gasteiger charge is 2.19. The minimum atomic E-state index is 0.616. The third-order valence-corrected chi connectivity index (χ3v) is 3.23. The van der Waals surface area contributed by atoms with Gasteiger partial charge in [0.15, 0.2) is 0 Å². The fourth-order valence-electron chi connectivity index (χ4n) is 1.93. The predicted molar refractivity (Wildman–Crippen MR) is 67.8 cm³/mol. The van der Waals surface area contributed by atoms with Crippen LogP contribution in [0.2, 0.25) is 0 Å². The van der Waals surface area contributed by atoms with E-state index in [0.29, 0.717) is 11.4 Å². The molecule has 0 atom stereocenters. The summed E-state index contributed by atoms with van der Waals surface area (Å²) in [6.07, 6.45) is 2.97. The maximum absolute atomic E-state index is 9.09. The van der Waals surface area contributed by atoms with Gasteiger partial charge in [-0.3, -0.25) is 5.41 Å². The van der Waals surface area contributed by atoms with Gasteiger partial charge >= 0.3 is 0 Å². The molecule has 82 valence electrons. The lowest BCUT2D eigenvalue weighted by atomic mass is 10.1. The Balaban J connectivity index is 2.39. The summed E-state index contributed by atoms with van der Waals surface area (Å²) in [5.41, 5.74) is 1.48. The van der Waals surface area contributed by atoms with Crippen molar-refractivity contribution in [2.75, 3.05) is 11.4 Å². The van der Waals surface area contributed by atoms with E-state index in [4.69, 9.17) is 10.7 Å². The summed E-state index contributed by atoms with van der Waals surface area (Å²) in [7, 11) is 0. The van der Waals surface area contributed by atoms with Gasteiger partial charge < -0.3 is 4.90 Å². The van der Waals surface area contributed by atoms with Crippen LogP contribution in [-0.2, 0) is 0 Å². The Kier molecular flexibility index (Phi) is 3.25. The van der Waals surface area contributed by atoms with Crippen molar-refractivity contribution < 1.29 is 0 Å². The molecule has 0 unspecified atom stereocenters. The second kappa shape index (κ2) is 4.67. The third-order valence-electron chi connectivity index (χ3n) is 2.74. The van der Waals surface area contributed by atoms with Crippen LogP contribution in [0.5, 0.6) is 0 Å². The number of nitrogens with zero attached hydrogens (tertiary/aromatic N) is 2. The van der Waals surface area contributed by atoms with Gasteiger partial charge in [-0.15, -0.1) is 0 Å². The molecule has 0 bridgehead atoms. The van der Waals surface area contributed by atoms with Gasteiger partial charge in [-0.25, -0.2) is 0 Å². The molecule has 1 aromatic rings. The zero-order chi connectivity index (χ0) is 11.5. The first-order chi connectivity index (χ1) is 7.72. The zero-order valence-electron chi connectivity index (χ0n) is 8.83. The maximum Gasteiger partial charge on any atom is 0.101 e. The topological polar surface area (TPSA) is 50.9 Å². The SMILES string of the molecule is N#Cc1cc(Br)ccc1N1CCCCC1=N. The van der Waals surface area contributed by atoms with Crippen LogP contribution < -0.4 is 4.90 Å². The molecule has 3 nitrogen and oxygen atoms in total. The normalized spacial score (nSPS) is 16.0. The maximum atomic E-state index is 9.09. The molecular formula is C12H12BrN3. The summed E-state index contributed by atoms with van der Waals surface area (Å²) < 4.78 is 0.899. The third kappa shape index (κ3) is 2.10. The van der Waals surface area contributed by atoms with E-state index in [1.165, 1.54) is 0 Å². The minimum Gasteiger partial charge on any atom is -0.329 e. The Labute approximate surface area is 103 Å². The number of hydrogen-bond acceptors (Lipinski definition) is 2. The monoisotopic (exact) mass is 277 g/mol. The van der Waals surface area contributed by atoms with E-state index in [1.54, 1.807) is 6.07 Å². The molecule has 1 fully saturated rings. The molecule has 1 aliphatic rings. The summed E-state index contributed by atoms with van der Waals surface area (Å²) in [5, 5.41) is 17.0. The molecule has 0 spiro atoms. The number of hydrogen-bond donors (Lipinski definition) is 1. The number of amidine groups is 1. The van der Waals surface area contributed by atoms with Crippen LogP contribution in [0.4, 0.5) is 5.69 Å². The van der Waals surface area contributed by atoms with E-state index in [1.807, 2.05) is 17.0 Å². The van der Waals surface area contributed by atoms with Gasteiger partial charge in [0.2, 0.25) is 0 Å². The fourth-order valence-corrected chi connectivity index (χ4v) is 2.29. The molecule has 0 amide bonds. The first kappa shape index (κ1) is 11.2. The lowest BCUT2D eigenvalue weighted by Gasteiger charge is -2.30. The van der Waals surface area contributed by atoms with Gasteiger partial charge in [0.05, 0.1) is 11.3 Å². The van der Waals surface area contributed by atoms with Crippen molar-refractivity contribution in [2.24, 2.45) is 0 Å². The van der Waals surface area contributed by atoms with Crippen LogP contribution in [0.1, 0.15) is 24.8 Å². The van der Waals surface area contributed by atoms with Crippen LogP contribution in [0, 0.1) is 16.7 Å². The van der Waals surface area contributed by atoms with Crippen LogP contribution in [0.15, 0.2) is 22.7 Å². The highest BCUT2D eigenvalue weighted by atomic mass is 79.9. The summed E-state index contributed by atoms with van der Waals surface area (Å²) in [5.74, 6) is 0.616. The molecular weight excluding hydrogens is 266 g/mol. The molecule has 0 radical (unpaired) electrons. The van der Waals surface area contributed by atoms with E-state index in [-0.39, 0.29) is 0 Å². The number of rotatable bonds is 1. The Morgan fingerprint density at radius 3 is 2.88 bits per heavy atom. The lowest BCUT2D eigenvalue weighted by molar-refractivity contribution is 0.707. The number of nitrogens with one attached hydrogen (secondary N) is 1. The first-order valence-corrected chi connectivity index (χ1v) is 6.06. The van der Waals surface area contributed by atoms with E-state index in [9.17, 15) is 0 Å². The van der Waals surface area contributed by atoms with Crippen molar-refractivity contribution in [3.63, 3.8) is 0 Å². The number of halogens is 1. The Hall–Kier alpha value is -1.34. The lowest BCUT2D eigenvalue weighted by Crippen LogP contribution is -2.35. The van der Waals surface area contributed by atoms with Gasteiger partial charge in [0, 0.05) is 17.4 Å². The molecule has 0 aromatic heterocycles. The molecule has 1 N–H and O–H groups in total. The number of benzene rings is 1. The zero-order valence-corrected chi connectivity index (χ0v) is 10.4. The summed E-state index contributed by atoms with van der Waals surface area (Å²) in [6, 6.07) is 7.81. The van der Waals surface area contributed by atoms with Crippen molar-refractivity contribution in [3.05, 3.63) is 28.2 Å². The minimum absolute atomic E-state index is 0.616. The average Bonchev–Trinajstić information content (AvgIpc) is 2.30. The fraction of sp³-hybridized carbons (Fsp3) is 0.333. The Bertz CT molecular complexity index is 462. The predicted octanol–water partition coefficient (Wildman–Crippen LogP) is 3.29. The molecule has 1 aromatic carbocycles. The Morgan fingerprint density at radius 2 is 2.19 bits per heavy atom. The van der Waals surface area contributed by atoms with Crippen molar-refractivity contribution in [2.45, 2.75) is 19.3 Å². The number of nitriles is 1. The number of anilines is 1. The van der Waals surface area contributed by atoms with Gasteiger partial charge in [0.1, 0.15) is 11.9 Å². The summed E-state index contributed by atoms with van der Waals surface area (Å²) in [4.78, 5) is 1.94. The van der Waals surface area contributed by atoms with Gasteiger partial charge in [-0.2, -0.15) is 5.26 Å². The van der Waals surface area contributed by atoms with Crippen LogP contribution in [0.25, 0.3) is 0 Å². The van der Waals surface area contributed by atoms with Crippen LogP contribution in [0.3, 0.4) is 0 Å². The molecule has 16 heavy (non-hydrogen) atoms. The molecule has 1 aliphatic heterocycles. The second-order valence-corrected chi connectivity index (χ2v) is 4.74. The van der Waals surface area contributed by atoms with Crippen LogP contribution in [-0.4, -0.2) is 12.4 Å². The molecule has 1 saturated heterocycles. The van der Waals surface area contributed by atoms with Crippen molar-refractivity contribution in [3.8, 4) is 6.07 Å². The van der Waals surface area contributed by atoms with Gasteiger partial charge in [-0.05, 0) is 31.0 Å². The van der Waals surface area contributed by atoms with E-state index >= 15 is 0 Å². The highest BCUT2D eigenvalue weighted by molar-refractivity contribution is 9.10. The van der Waals surface area contributed by atoms with E-state index in [2.05, 4.69) is 22.0 Å². The van der Waals surface area contributed by atoms with Crippen LogP contribution >= 0.6 is 15.9 Å². The highest BCUT2D eigenvalue weighted by Crippen LogP contribution is 2.27. The summed E-state index contributed by atoms with van der Waals surface area (Å²) >= 11 is 3.35. The standard InChI is InChI=1S/C12H12BrN3/c13-10-4-5-11(9(7-10)8-14)16-6-2-1-3-12(16)15/h4-5,7,15H,1-3,6H2. The largest absolute Gasteiger partial charge is 0.329 e. The van der Waals surface area contributed by atoms with Crippen molar-refractivity contribution >= 4 is 27.5 Å². The molecule has 4 heteroatoms. The van der Waals surface area contributed by atoms with Crippen molar-refractivity contribution in [1.29, 1.82) is 10.7 Å². The number of piperidine rings is 1. The first-order valence-electron chi connectivity index (χ1n) is 5.27. The van der Waals surface area contributed by atoms with Gasteiger partial charge in [-0.1, -0.05) is 15.9 Å². The second-order valence-electron chi connectivity index (χ2n) is 3.83. The molecule has 0 aliphatic carbocycles. The Morgan fingerprint density at radius 1 is 1.38 bits per heavy atom. The molecule has 2 rings (SSSR count). The van der Waals surface area contributed by atoms with E-state index in [0.717, 1.165) is 36.0 Å². The summed E-state index contributed by atoms with van der Waals surface area (Å²) in [6.45, 7) is 0.842. The smallest absolute Gasteiger partial charge is 0.101 e. The molecule has 1 heterocycles. The molecule has 0 saturated carbocycles. The van der Waals surface area contributed by atoms with Gasteiger partial charge in [0.25, 0.3) is 0 Å².